The molecular formula is C9H11N3. The van der Waals surface area contributed by atoms with Gasteiger partial charge in [-0.15, -0.1) is 0 Å². The van der Waals surface area contributed by atoms with E-state index in [9.17, 15) is 0 Å². The van der Waals surface area contributed by atoms with Crippen LogP contribution in [0.5, 0.6) is 0 Å². The summed E-state index contributed by atoms with van der Waals surface area (Å²) >= 11 is 0. The molecule has 12 heavy (non-hydrogen) atoms. The molecule has 0 radical (unpaired) electrons. The van der Waals surface area contributed by atoms with Crippen molar-refractivity contribution in [3.05, 3.63) is 23.0 Å². The molecule has 62 valence electrons. The average molecular weight is 161 g/mol. The molecule has 0 aromatic carbocycles. The maximum atomic E-state index is 4.51. The molecule has 1 atom stereocenters. The van der Waals surface area contributed by atoms with Crippen molar-refractivity contribution in [1.82, 2.24) is 10.2 Å². The van der Waals surface area contributed by atoms with Crippen molar-refractivity contribution < 1.29 is 0 Å². The normalized spacial score (nSPS) is 21.6. The van der Waals surface area contributed by atoms with Gasteiger partial charge in [0.15, 0.2) is 0 Å². The summed E-state index contributed by atoms with van der Waals surface area (Å²) in [4.78, 5) is 4.51. The van der Waals surface area contributed by atoms with Gasteiger partial charge in [-0.25, -0.2) is 0 Å². The molecule has 1 aromatic heterocycles. The number of fused-ring (bicyclic) bond motifs is 1. The van der Waals surface area contributed by atoms with Gasteiger partial charge in [-0.1, -0.05) is 6.08 Å². The van der Waals surface area contributed by atoms with Crippen LogP contribution in [0, 0.1) is 0 Å². The van der Waals surface area contributed by atoms with Crippen LogP contribution in [0.25, 0.3) is 6.08 Å². The van der Waals surface area contributed by atoms with Crippen LogP contribution in [0.15, 0.2) is 17.4 Å². The molecule has 1 aromatic rings. The number of rotatable bonds is 0. The van der Waals surface area contributed by atoms with Gasteiger partial charge in [0.1, 0.15) is 0 Å². The molecular weight excluding hydrogens is 150 g/mol. The van der Waals surface area contributed by atoms with Gasteiger partial charge < -0.3 is 0 Å². The van der Waals surface area contributed by atoms with Crippen LogP contribution >= 0.6 is 0 Å². The molecule has 0 aliphatic carbocycles. The Bertz CT molecular complexity index is 383. The van der Waals surface area contributed by atoms with Crippen molar-refractivity contribution in [1.29, 1.82) is 0 Å². The third kappa shape index (κ3) is 1.35. The third-order valence-corrected chi connectivity index (χ3v) is 2.05. The SMILES string of the molecule is CC1CCC=c2cnncc2=N1. The van der Waals surface area contributed by atoms with Gasteiger partial charge in [0.25, 0.3) is 0 Å². The van der Waals surface area contributed by atoms with Crippen molar-refractivity contribution in [2.75, 3.05) is 0 Å². The molecule has 3 nitrogen and oxygen atoms in total. The van der Waals surface area contributed by atoms with Crippen molar-refractivity contribution >= 4 is 6.08 Å². The molecule has 0 bridgehead atoms. The van der Waals surface area contributed by atoms with Crippen LogP contribution in [0.3, 0.4) is 0 Å². The Balaban J connectivity index is 2.68. The number of nitrogens with zero attached hydrogens (tertiary/aromatic N) is 3. The maximum absolute atomic E-state index is 4.51. The summed E-state index contributed by atoms with van der Waals surface area (Å²) in [5.74, 6) is 0. The van der Waals surface area contributed by atoms with Gasteiger partial charge in [-0.3, -0.25) is 4.99 Å². The predicted octanol–water partition coefficient (Wildman–Crippen LogP) is 0.0590. The van der Waals surface area contributed by atoms with Gasteiger partial charge in [0.2, 0.25) is 0 Å². The molecule has 0 saturated carbocycles. The zero-order valence-electron chi connectivity index (χ0n) is 7.07. The summed E-state index contributed by atoms with van der Waals surface area (Å²) in [6.45, 7) is 2.13. The van der Waals surface area contributed by atoms with Crippen molar-refractivity contribution in [2.24, 2.45) is 4.99 Å². The largest absolute Gasteiger partial charge is 0.280 e. The molecule has 1 aliphatic rings. The lowest BCUT2D eigenvalue weighted by Gasteiger charge is -1.98. The summed E-state index contributed by atoms with van der Waals surface area (Å²) in [7, 11) is 0. The fourth-order valence-electron chi connectivity index (χ4n) is 1.37. The molecule has 3 heteroatoms. The number of hydrogen-bond acceptors (Lipinski definition) is 3. The van der Waals surface area contributed by atoms with Gasteiger partial charge in [-0.05, 0) is 19.8 Å². The number of aromatic nitrogens is 2. The molecule has 1 unspecified atom stereocenters. The Morgan fingerprint density at radius 1 is 1.33 bits per heavy atom. The van der Waals surface area contributed by atoms with Crippen LogP contribution in [0.2, 0.25) is 0 Å². The minimum absolute atomic E-state index is 0.409. The summed E-state index contributed by atoms with van der Waals surface area (Å²) in [6, 6.07) is 0.409. The van der Waals surface area contributed by atoms with E-state index in [0.29, 0.717) is 6.04 Å². The first kappa shape index (κ1) is 7.40. The monoisotopic (exact) mass is 161 g/mol. The molecule has 0 spiro atoms. The lowest BCUT2D eigenvalue weighted by Crippen LogP contribution is -2.26. The molecule has 2 rings (SSSR count). The second kappa shape index (κ2) is 3.01. The lowest BCUT2D eigenvalue weighted by atomic mass is 10.2. The highest BCUT2D eigenvalue weighted by atomic mass is 15.1. The minimum Gasteiger partial charge on any atom is -0.280 e. The fourth-order valence-corrected chi connectivity index (χ4v) is 1.37. The summed E-state index contributed by atoms with van der Waals surface area (Å²) in [5, 5.41) is 9.74. The van der Waals surface area contributed by atoms with Crippen LogP contribution in [-0.4, -0.2) is 16.2 Å². The highest BCUT2D eigenvalue weighted by Gasteiger charge is 2.00. The number of hydrogen-bond donors (Lipinski definition) is 0. The minimum atomic E-state index is 0.409. The van der Waals surface area contributed by atoms with Crippen LogP contribution in [0.1, 0.15) is 19.8 Å². The van der Waals surface area contributed by atoms with Crippen molar-refractivity contribution in [2.45, 2.75) is 25.8 Å². The van der Waals surface area contributed by atoms with Gasteiger partial charge in [0.05, 0.1) is 17.8 Å². The van der Waals surface area contributed by atoms with E-state index in [-0.39, 0.29) is 0 Å². The van der Waals surface area contributed by atoms with E-state index in [4.69, 9.17) is 0 Å². The zero-order chi connectivity index (χ0) is 8.39. The highest BCUT2D eigenvalue weighted by Crippen LogP contribution is 2.01. The molecule has 1 aliphatic heterocycles. The van der Waals surface area contributed by atoms with E-state index in [0.717, 1.165) is 23.4 Å². The topological polar surface area (TPSA) is 38.1 Å². The molecule has 0 saturated heterocycles. The third-order valence-electron chi connectivity index (χ3n) is 2.05. The first-order valence-electron chi connectivity index (χ1n) is 4.21. The van der Waals surface area contributed by atoms with Gasteiger partial charge in [0, 0.05) is 11.3 Å². The Morgan fingerprint density at radius 2 is 2.17 bits per heavy atom. The van der Waals surface area contributed by atoms with Crippen LogP contribution in [-0.2, 0) is 0 Å². The van der Waals surface area contributed by atoms with E-state index >= 15 is 0 Å². The highest BCUT2D eigenvalue weighted by molar-refractivity contribution is 5.21. The standard InChI is InChI=1S/C9H11N3/c1-7-3-2-4-8-5-10-11-6-9(8)12-7/h4-7H,2-3H2,1H3. The zero-order valence-corrected chi connectivity index (χ0v) is 7.07. The van der Waals surface area contributed by atoms with E-state index in [1.165, 1.54) is 0 Å². The van der Waals surface area contributed by atoms with Crippen molar-refractivity contribution in [3.8, 4) is 0 Å². The lowest BCUT2D eigenvalue weighted by molar-refractivity contribution is 0.676. The van der Waals surface area contributed by atoms with Gasteiger partial charge in [-0.2, -0.15) is 10.2 Å². The summed E-state index contributed by atoms with van der Waals surface area (Å²) < 4.78 is 0. The Labute approximate surface area is 70.9 Å². The average Bonchev–Trinajstić information content (AvgIpc) is 2.25. The second-order valence-electron chi connectivity index (χ2n) is 3.09. The van der Waals surface area contributed by atoms with E-state index in [1.807, 2.05) is 0 Å². The van der Waals surface area contributed by atoms with Crippen molar-refractivity contribution in [3.63, 3.8) is 0 Å². The quantitative estimate of drug-likeness (QED) is 0.539. The summed E-state index contributed by atoms with van der Waals surface area (Å²) in [6.07, 6.45) is 7.89. The Kier molecular flexibility index (Phi) is 1.86. The van der Waals surface area contributed by atoms with E-state index in [2.05, 4.69) is 28.2 Å². The fraction of sp³-hybridized carbons (Fsp3) is 0.444. The Hall–Kier alpha value is -1.25. The van der Waals surface area contributed by atoms with Crippen LogP contribution in [0.4, 0.5) is 0 Å². The molecule has 0 amide bonds. The van der Waals surface area contributed by atoms with Gasteiger partial charge >= 0.3 is 0 Å². The second-order valence-corrected chi connectivity index (χ2v) is 3.09. The molecule has 0 fully saturated rings. The Morgan fingerprint density at radius 3 is 3.08 bits per heavy atom. The summed E-state index contributed by atoms with van der Waals surface area (Å²) in [5.41, 5.74) is 0. The first-order chi connectivity index (χ1) is 5.86. The molecule has 2 heterocycles. The van der Waals surface area contributed by atoms with E-state index < -0.39 is 0 Å². The smallest absolute Gasteiger partial charge is 0.0864 e. The van der Waals surface area contributed by atoms with E-state index in [1.54, 1.807) is 12.4 Å². The molecule has 0 N–H and O–H groups in total. The van der Waals surface area contributed by atoms with Crippen LogP contribution < -0.4 is 10.6 Å². The predicted molar refractivity (Wildman–Crippen MR) is 46.0 cm³/mol. The maximum Gasteiger partial charge on any atom is 0.0864 e. The first-order valence-corrected chi connectivity index (χ1v) is 4.21.